The van der Waals surface area contributed by atoms with Gasteiger partial charge >= 0.3 is 0 Å². The van der Waals surface area contributed by atoms with Crippen LogP contribution in [0.5, 0.6) is 0 Å². The molecule has 0 aliphatic rings. The van der Waals surface area contributed by atoms with Crippen molar-refractivity contribution < 1.29 is 0 Å². The highest BCUT2D eigenvalue weighted by molar-refractivity contribution is 5.83. The molecule has 0 saturated carbocycles. The van der Waals surface area contributed by atoms with E-state index >= 15 is 0 Å². The van der Waals surface area contributed by atoms with Gasteiger partial charge in [-0.2, -0.15) is 0 Å². The fourth-order valence-electron chi connectivity index (χ4n) is 0.355. The first-order chi connectivity index (χ1) is 5.07. The van der Waals surface area contributed by atoms with Gasteiger partial charge in [-0.05, 0) is 19.5 Å². The molecule has 0 bridgehead atoms. The summed E-state index contributed by atoms with van der Waals surface area (Å²) in [7, 11) is 1.74. The van der Waals surface area contributed by atoms with Crippen LogP contribution in [0.25, 0.3) is 0 Å². The molecule has 0 heterocycles. The van der Waals surface area contributed by atoms with Gasteiger partial charge in [-0.3, -0.25) is 16.0 Å². The summed E-state index contributed by atoms with van der Waals surface area (Å²) in [4.78, 5) is 3.95. The highest BCUT2D eigenvalue weighted by Gasteiger charge is 1.91. The van der Waals surface area contributed by atoms with Gasteiger partial charge in [0.2, 0.25) is 0 Å². The predicted molar refractivity (Wildman–Crippen MR) is 49.5 cm³/mol. The van der Waals surface area contributed by atoms with Crippen LogP contribution in [-0.4, -0.2) is 19.6 Å². The monoisotopic (exact) mass is 153 g/mol. The van der Waals surface area contributed by atoms with Gasteiger partial charge in [0.05, 0.1) is 0 Å². The number of nitrogens with one attached hydrogen (secondary N) is 1. The lowest BCUT2D eigenvalue weighted by Crippen LogP contribution is -2.32. The lowest BCUT2D eigenvalue weighted by molar-refractivity contribution is 0.616. The van der Waals surface area contributed by atoms with E-state index in [0.717, 1.165) is 11.1 Å². The van der Waals surface area contributed by atoms with Crippen LogP contribution < -0.4 is 11.1 Å². The summed E-state index contributed by atoms with van der Waals surface area (Å²) < 4.78 is 0. The van der Waals surface area contributed by atoms with E-state index in [1.54, 1.807) is 13.3 Å². The van der Waals surface area contributed by atoms with E-state index in [1.165, 1.54) is 0 Å². The van der Waals surface area contributed by atoms with E-state index in [0.29, 0.717) is 0 Å². The number of nitrogens with two attached hydrogens (primary N) is 1. The summed E-state index contributed by atoms with van der Waals surface area (Å²) in [6.07, 6.45) is 1.26. The number of aliphatic imine (C=N–C) groups is 1. The first kappa shape index (κ1) is 10.1. The minimum Gasteiger partial charge on any atom is -0.297 e. The maximum atomic E-state index is 5.44. The third-order valence-corrected chi connectivity index (χ3v) is 1.23. The summed E-state index contributed by atoms with van der Waals surface area (Å²) in [6.45, 7) is 9.31. The van der Waals surface area contributed by atoms with Crippen molar-refractivity contribution in [2.75, 3.05) is 7.05 Å². The zero-order valence-corrected chi connectivity index (χ0v) is 7.09. The Morgan fingerprint density at radius 1 is 1.64 bits per heavy atom. The molecule has 62 valence electrons. The SMILES string of the molecule is C=C(C)C(=C)C=NC(N)NC. The molecule has 3 N–H and O–H groups in total. The van der Waals surface area contributed by atoms with Crippen LogP contribution in [0.2, 0.25) is 0 Å². The highest BCUT2D eigenvalue weighted by atomic mass is 15.2. The van der Waals surface area contributed by atoms with Crippen molar-refractivity contribution in [2.24, 2.45) is 10.7 Å². The molecule has 0 spiro atoms. The van der Waals surface area contributed by atoms with Gasteiger partial charge < -0.3 is 0 Å². The average Bonchev–Trinajstić information content (AvgIpc) is 1.99. The summed E-state index contributed by atoms with van der Waals surface area (Å²) in [5, 5.41) is 2.77. The van der Waals surface area contributed by atoms with E-state index < -0.39 is 0 Å². The second kappa shape index (κ2) is 4.82. The topological polar surface area (TPSA) is 50.4 Å². The summed E-state index contributed by atoms with van der Waals surface area (Å²) in [5.41, 5.74) is 7.14. The van der Waals surface area contributed by atoms with Crippen molar-refractivity contribution in [1.82, 2.24) is 5.32 Å². The van der Waals surface area contributed by atoms with Gasteiger partial charge in [-0.1, -0.05) is 18.7 Å². The summed E-state index contributed by atoms with van der Waals surface area (Å²) in [5.74, 6) is 0. The van der Waals surface area contributed by atoms with Gasteiger partial charge in [0.25, 0.3) is 0 Å². The van der Waals surface area contributed by atoms with Crippen LogP contribution in [0.15, 0.2) is 29.3 Å². The van der Waals surface area contributed by atoms with Gasteiger partial charge in [-0.15, -0.1) is 0 Å². The Hall–Kier alpha value is -0.930. The maximum absolute atomic E-state index is 5.44. The third kappa shape index (κ3) is 4.47. The lowest BCUT2D eigenvalue weighted by Gasteiger charge is -2.03. The number of allylic oxidation sites excluding steroid dienone is 2. The minimum absolute atomic E-state index is 0.355. The number of hydrogen-bond donors (Lipinski definition) is 2. The second-order valence-electron chi connectivity index (χ2n) is 2.32. The minimum atomic E-state index is -0.355. The molecule has 0 amide bonds. The molecular weight excluding hydrogens is 138 g/mol. The van der Waals surface area contributed by atoms with Crippen LogP contribution in [0.1, 0.15) is 6.92 Å². The van der Waals surface area contributed by atoms with Crippen molar-refractivity contribution >= 4 is 6.21 Å². The zero-order valence-electron chi connectivity index (χ0n) is 7.09. The highest BCUT2D eigenvalue weighted by Crippen LogP contribution is 1.98. The van der Waals surface area contributed by atoms with E-state index in [1.807, 2.05) is 6.92 Å². The predicted octanol–water partition coefficient (Wildman–Crippen LogP) is 0.651. The Kier molecular flexibility index (Phi) is 4.41. The Morgan fingerprint density at radius 2 is 2.18 bits per heavy atom. The van der Waals surface area contributed by atoms with Crippen molar-refractivity contribution in [3.05, 3.63) is 24.3 Å². The fourth-order valence-corrected chi connectivity index (χ4v) is 0.355. The normalized spacial score (nSPS) is 13.4. The van der Waals surface area contributed by atoms with Crippen LogP contribution >= 0.6 is 0 Å². The quantitative estimate of drug-likeness (QED) is 0.354. The number of rotatable bonds is 4. The maximum Gasteiger partial charge on any atom is 0.150 e. The molecule has 3 nitrogen and oxygen atoms in total. The van der Waals surface area contributed by atoms with Crippen molar-refractivity contribution in [1.29, 1.82) is 0 Å². The molecule has 0 aliphatic carbocycles. The van der Waals surface area contributed by atoms with Crippen molar-refractivity contribution in [3.63, 3.8) is 0 Å². The Balaban J connectivity index is 3.93. The molecule has 11 heavy (non-hydrogen) atoms. The molecule has 0 saturated heterocycles. The molecule has 0 aliphatic heterocycles. The van der Waals surface area contributed by atoms with E-state index in [9.17, 15) is 0 Å². The largest absolute Gasteiger partial charge is 0.297 e. The smallest absolute Gasteiger partial charge is 0.150 e. The van der Waals surface area contributed by atoms with E-state index in [-0.39, 0.29) is 6.29 Å². The average molecular weight is 153 g/mol. The van der Waals surface area contributed by atoms with Crippen LogP contribution in [0.4, 0.5) is 0 Å². The molecule has 0 fully saturated rings. The molecule has 0 aromatic heterocycles. The van der Waals surface area contributed by atoms with E-state index in [2.05, 4.69) is 23.5 Å². The Labute approximate surface area is 67.7 Å². The summed E-state index contributed by atoms with van der Waals surface area (Å²) in [6, 6.07) is 0. The molecule has 0 aromatic carbocycles. The van der Waals surface area contributed by atoms with Crippen LogP contribution in [0.3, 0.4) is 0 Å². The molecular formula is C8H15N3. The van der Waals surface area contributed by atoms with Gasteiger partial charge in [0.15, 0.2) is 6.29 Å². The Morgan fingerprint density at radius 3 is 2.55 bits per heavy atom. The summed E-state index contributed by atoms with van der Waals surface area (Å²) >= 11 is 0. The zero-order chi connectivity index (χ0) is 8.85. The Bertz CT molecular complexity index is 182. The van der Waals surface area contributed by atoms with Gasteiger partial charge in [0, 0.05) is 6.21 Å². The molecule has 0 radical (unpaired) electrons. The van der Waals surface area contributed by atoms with Gasteiger partial charge in [-0.25, -0.2) is 0 Å². The first-order valence-electron chi connectivity index (χ1n) is 3.38. The molecule has 3 heteroatoms. The van der Waals surface area contributed by atoms with Crippen LogP contribution in [-0.2, 0) is 0 Å². The van der Waals surface area contributed by atoms with Crippen molar-refractivity contribution in [3.8, 4) is 0 Å². The first-order valence-corrected chi connectivity index (χ1v) is 3.38. The molecule has 1 unspecified atom stereocenters. The van der Waals surface area contributed by atoms with E-state index in [4.69, 9.17) is 5.73 Å². The standard InChI is InChI=1S/C8H15N3/c1-6(2)7(3)5-11-8(9)10-4/h5,8,10H,1,3,9H2,2,4H3. The lowest BCUT2D eigenvalue weighted by atomic mass is 10.2. The molecule has 0 aromatic rings. The number of hydrogen-bond acceptors (Lipinski definition) is 3. The second-order valence-corrected chi connectivity index (χ2v) is 2.32. The molecule has 1 atom stereocenters. The third-order valence-electron chi connectivity index (χ3n) is 1.23. The van der Waals surface area contributed by atoms with Gasteiger partial charge in [0.1, 0.15) is 0 Å². The van der Waals surface area contributed by atoms with Crippen molar-refractivity contribution in [2.45, 2.75) is 13.2 Å². The molecule has 0 rings (SSSR count). The van der Waals surface area contributed by atoms with Crippen LogP contribution in [0, 0.1) is 0 Å². The number of nitrogens with zero attached hydrogens (tertiary/aromatic N) is 1. The fraction of sp³-hybridized carbons (Fsp3) is 0.375.